The van der Waals surface area contributed by atoms with Crippen LogP contribution in [0.2, 0.25) is 0 Å². The van der Waals surface area contributed by atoms with Crippen molar-refractivity contribution < 1.29 is 19.4 Å². The van der Waals surface area contributed by atoms with Crippen molar-refractivity contribution in [1.82, 2.24) is 4.90 Å². The highest BCUT2D eigenvalue weighted by Crippen LogP contribution is 2.42. The van der Waals surface area contributed by atoms with Crippen molar-refractivity contribution in [2.75, 3.05) is 20.3 Å². The first-order valence-corrected chi connectivity index (χ1v) is 10.2. The Bertz CT molecular complexity index is 1130. The number of hydrogen-bond acceptors (Lipinski definition) is 5. The summed E-state index contributed by atoms with van der Waals surface area (Å²) in [7, 11) is 1.55. The monoisotopic (exact) mass is 407 g/mol. The SMILES string of the molecule is COCCN1C(=O)C(=O)/C(=C(\O)c2ccc3ccccc3c2)C1c1sccc1C. The number of Topliss-reactive ketones (excluding diaryl/α,β-unsaturated/α-hetero) is 1. The van der Waals surface area contributed by atoms with Crippen LogP contribution in [-0.2, 0) is 14.3 Å². The molecule has 1 amide bonds. The number of rotatable bonds is 5. The predicted molar refractivity (Wildman–Crippen MR) is 114 cm³/mol. The van der Waals surface area contributed by atoms with Gasteiger partial charge in [0.05, 0.1) is 18.2 Å². The highest BCUT2D eigenvalue weighted by atomic mass is 32.1. The lowest BCUT2D eigenvalue weighted by Crippen LogP contribution is -2.32. The number of likely N-dealkylation sites (tertiary alicyclic amines) is 1. The standard InChI is InChI=1S/C23H21NO4S/c1-14-9-12-29-22(14)19-18(21(26)23(27)24(19)10-11-28-2)20(25)17-8-7-15-5-3-4-6-16(15)13-17/h3-9,12-13,19,25H,10-11H2,1-2H3/b20-18-. The van der Waals surface area contributed by atoms with E-state index in [1.165, 1.54) is 16.2 Å². The fourth-order valence-electron chi connectivity index (χ4n) is 3.73. The van der Waals surface area contributed by atoms with Crippen LogP contribution in [0, 0.1) is 6.92 Å². The van der Waals surface area contributed by atoms with E-state index >= 15 is 0 Å². The number of fused-ring (bicyclic) bond motifs is 1. The average Bonchev–Trinajstić information content (AvgIpc) is 3.26. The summed E-state index contributed by atoms with van der Waals surface area (Å²) in [6, 6.07) is 14.7. The molecular formula is C23H21NO4S. The predicted octanol–water partition coefficient (Wildman–Crippen LogP) is 4.28. The van der Waals surface area contributed by atoms with Gasteiger partial charge >= 0.3 is 0 Å². The summed E-state index contributed by atoms with van der Waals surface area (Å²) < 4.78 is 5.13. The highest BCUT2D eigenvalue weighted by Gasteiger charge is 2.46. The third-order valence-electron chi connectivity index (χ3n) is 5.25. The first kappa shape index (κ1) is 19.4. The van der Waals surface area contributed by atoms with E-state index in [4.69, 9.17) is 4.74 Å². The quantitative estimate of drug-likeness (QED) is 0.390. The molecule has 29 heavy (non-hydrogen) atoms. The zero-order chi connectivity index (χ0) is 20.5. The van der Waals surface area contributed by atoms with E-state index < -0.39 is 17.7 Å². The summed E-state index contributed by atoms with van der Waals surface area (Å²) in [5.74, 6) is -1.42. The van der Waals surface area contributed by atoms with Gasteiger partial charge in [0.25, 0.3) is 11.7 Å². The molecule has 2 aromatic carbocycles. The second-order valence-corrected chi connectivity index (χ2v) is 7.96. The Morgan fingerprint density at radius 3 is 2.59 bits per heavy atom. The van der Waals surface area contributed by atoms with Crippen molar-refractivity contribution in [2.24, 2.45) is 0 Å². The molecule has 5 nitrogen and oxygen atoms in total. The van der Waals surface area contributed by atoms with Gasteiger partial charge in [0.2, 0.25) is 0 Å². The molecule has 1 N–H and O–H groups in total. The van der Waals surface area contributed by atoms with Crippen LogP contribution in [0.25, 0.3) is 16.5 Å². The Labute approximate surface area is 172 Å². The molecular weight excluding hydrogens is 386 g/mol. The first-order chi connectivity index (χ1) is 14.0. The summed E-state index contributed by atoms with van der Waals surface area (Å²) in [4.78, 5) is 28.1. The maximum absolute atomic E-state index is 12.9. The number of ketones is 1. The van der Waals surface area contributed by atoms with Gasteiger partial charge in [-0.2, -0.15) is 0 Å². The fourth-order valence-corrected chi connectivity index (χ4v) is 4.78. The number of aliphatic hydroxyl groups excluding tert-OH is 1. The number of nitrogens with zero attached hydrogens (tertiary/aromatic N) is 1. The first-order valence-electron chi connectivity index (χ1n) is 9.33. The molecule has 6 heteroatoms. The maximum atomic E-state index is 12.9. The third kappa shape index (κ3) is 3.34. The molecule has 148 valence electrons. The van der Waals surface area contributed by atoms with E-state index in [0.717, 1.165) is 21.2 Å². The van der Waals surface area contributed by atoms with E-state index in [0.29, 0.717) is 12.2 Å². The summed E-state index contributed by atoms with van der Waals surface area (Å²) >= 11 is 1.47. The van der Waals surface area contributed by atoms with Gasteiger partial charge in [-0.15, -0.1) is 11.3 Å². The molecule has 1 atom stereocenters. The van der Waals surface area contributed by atoms with Gasteiger partial charge in [-0.3, -0.25) is 9.59 Å². The van der Waals surface area contributed by atoms with Gasteiger partial charge in [0.1, 0.15) is 5.76 Å². The highest BCUT2D eigenvalue weighted by molar-refractivity contribution is 7.10. The van der Waals surface area contributed by atoms with E-state index in [2.05, 4.69) is 0 Å². The number of carbonyl (C=O) groups is 2. The van der Waals surface area contributed by atoms with Crippen molar-refractivity contribution in [3.63, 3.8) is 0 Å². The molecule has 1 aliphatic heterocycles. The molecule has 1 unspecified atom stereocenters. The van der Waals surface area contributed by atoms with Crippen LogP contribution < -0.4 is 0 Å². The molecule has 0 aliphatic carbocycles. The van der Waals surface area contributed by atoms with Crippen LogP contribution in [0.3, 0.4) is 0 Å². The van der Waals surface area contributed by atoms with E-state index in [-0.39, 0.29) is 17.9 Å². The maximum Gasteiger partial charge on any atom is 0.295 e. The number of hydrogen-bond donors (Lipinski definition) is 1. The Morgan fingerprint density at radius 1 is 1.14 bits per heavy atom. The van der Waals surface area contributed by atoms with Crippen LogP contribution in [0.15, 0.2) is 59.5 Å². The molecule has 0 radical (unpaired) electrons. The number of aryl methyl sites for hydroxylation is 1. The molecule has 1 aliphatic rings. The molecule has 0 spiro atoms. The minimum atomic E-state index is -0.662. The molecule has 3 aromatic rings. The van der Waals surface area contributed by atoms with Crippen LogP contribution in [-0.4, -0.2) is 42.0 Å². The van der Waals surface area contributed by atoms with Crippen molar-refractivity contribution in [3.05, 3.63) is 75.5 Å². The lowest BCUT2D eigenvalue weighted by atomic mass is 9.97. The van der Waals surface area contributed by atoms with E-state index in [1.807, 2.05) is 54.8 Å². The zero-order valence-electron chi connectivity index (χ0n) is 16.2. The number of methoxy groups -OCH3 is 1. The van der Waals surface area contributed by atoms with Crippen LogP contribution in [0.5, 0.6) is 0 Å². The van der Waals surface area contributed by atoms with Crippen molar-refractivity contribution >= 4 is 39.6 Å². The largest absolute Gasteiger partial charge is 0.507 e. The third-order valence-corrected chi connectivity index (χ3v) is 6.32. The summed E-state index contributed by atoms with van der Waals surface area (Å²) in [5, 5.41) is 15.0. The van der Waals surface area contributed by atoms with E-state index in [9.17, 15) is 14.7 Å². The average molecular weight is 407 g/mol. The normalized spacial score (nSPS) is 18.7. The van der Waals surface area contributed by atoms with Crippen LogP contribution in [0.1, 0.15) is 22.0 Å². The van der Waals surface area contributed by atoms with Gasteiger partial charge in [0, 0.05) is 24.1 Å². The zero-order valence-corrected chi connectivity index (χ0v) is 17.0. The topological polar surface area (TPSA) is 66.8 Å². The molecule has 2 heterocycles. The molecule has 4 rings (SSSR count). The Morgan fingerprint density at radius 2 is 1.90 bits per heavy atom. The lowest BCUT2D eigenvalue weighted by molar-refractivity contribution is -0.140. The molecule has 1 fully saturated rings. The lowest BCUT2D eigenvalue weighted by Gasteiger charge is -2.24. The van der Waals surface area contributed by atoms with Crippen molar-refractivity contribution in [3.8, 4) is 0 Å². The second-order valence-electron chi connectivity index (χ2n) is 7.02. The number of aliphatic hydroxyl groups is 1. The minimum Gasteiger partial charge on any atom is -0.507 e. The number of amides is 1. The second kappa shape index (κ2) is 7.81. The molecule has 0 saturated carbocycles. The molecule has 0 bridgehead atoms. The minimum absolute atomic E-state index is 0.131. The van der Waals surface area contributed by atoms with Gasteiger partial charge in [-0.05, 0) is 40.8 Å². The van der Waals surface area contributed by atoms with Crippen LogP contribution in [0.4, 0.5) is 0 Å². The van der Waals surface area contributed by atoms with Crippen LogP contribution >= 0.6 is 11.3 Å². The number of carbonyl (C=O) groups excluding carboxylic acids is 2. The number of benzene rings is 2. The van der Waals surface area contributed by atoms with Crippen molar-refractivity contribution in [1.29, 1.82) is 0 Å². The number of thiophene rings is 1. The summed E-state index contributed by atoms with van der Waals surface area (Å²) in [5.41, 5.74) is 1.63. The van der Waals surface area contributed by atoms with Gasteiger partial charge in [0.15, 0.2) is 0 Å². The van der Waals surface area contributed by atoms with Gasteiger partial charge in [-0.25, -0.2) is 0 Å². The van der Waals surface area contributed by atoms with Crippen molar-refractivity contribution in [2.45, 2.75) is 13.0 Å². The smallest absolute Gasteiger partial charge is 0.295 e. The Hall–Kier alpha value is -2.96. The summed E-state index contributed by atoms with van der Waals surface area (Å²) in [6.45, 7) is 2.53. The van der Waals surface area contributed by atoms with Gasteiger partial charge in [-0.1, -0.05) is 36.4 Å². The Balaban J connectivity index is 1.88. The molecule has 1 aromatic heterocycles. The number of ether oxygens (including phenoxy) is 1. The summed E-state index contributed by atoms with van der Waals surface area (Å²) in [6.07, 6.45) is 0. The Kier molecular flexibility index (Phi) is 5.22. The van der Waals surface area contributed by atoms with Gasteiger partial charge < -0.3 is 14.7 Å². The van der Waals surface area contributed by atoms with E-state index in [1.54, 1.807) is 13.2 Å². The fraction of sp³-hybridized carbons (Fsp3) is 0.217. The molecule has 1 saturated heterocycles.